The van der Waals surface area contributed by atoms with Gasteiger partial charge in [0.05, 0.1) is 19.0 Å². The van der Waals surface area contributed by atoms with E-state index in [9.17, 15) is 9.59 Å². The second-order valence-corrected chi connectivity index (χ2v) is 8.49. The first-order valence-corrected chi connectivity index (χ1v) is 11.1. The number of anilines is 2. The van der Waals surface area contributed by atoms with E-state index in [1.54, 1.807) is 6.20 Å². The van der Waals surface area contributed by atoms with Crippen molar-refractivity contribution in [3.8, 4) is 5.75 Å². The highest BCUT2D eigenvalue weighted by Crippen LogP contribution is 2.40. The lowest BCUT2D eigenvalue weighted by atomic mass is 10.1. The Bertz CT molecular complexity index is 1160. The van der Waals surface area contributed by atoms with E-state index in [1.165, 1.54) is 20.0 Å². The molecule has 0 aliphatic heterocycles. The number of benzene rings is 2. The maximum atomic E-state index is 12.6. The average molecular weight is 453 g/mol. The van der Waals surface area contributed by atoms with Crippen molar-refractivity contribution in [2.24, 2.45) is 5.92 Å². The molecule has 3 aromatic rings. The summed E-state index contributed by atoms with van der Waals surface area (Å²) in [5.74, 6) is -0.144. The number of ketones is 1. The Morgan fingerprint density at radius 3 is 2.59 bits per heavy atom. The Labute approximate surface area is 191 Å². The summed E-state index contributed by atoms with van der Waals surface area (Å²) in [5.41, 5.74) is 2.10. The smallest absolute Gasteiger partial charge is 0.303 e. The third kappa shape index (κ3) is 4.86. The van der Waals surface area contributed by atoms with Crippen molar-refractivity contribution < 1.29 is 19.4 Å². The van der Waals surface area contributed by atoms with Gasteiger partial charge >= 0.3 is 5.97 Å². The van der Waals surface area contributed by atoms with Crippen LogP contribution >= 0.6 is 11.6 Å². The van der Waals surface area contributed by atoms with Crippen LogP contribution in [0.2, 0.25) is 5.02 Å². The van der Waals surface area contributed by atoms with Gasteiger partial charge in [-0.05, 0) is 37.3 Å². The van der Waals surface area contributed by atoms with Crippen LogP contribution in [-0.4, -0.2) is 35.5 Å². The third-order valence-corrected chi connectivity index (χ3v) is 6.03. The number of nitrogens with zero attached hydrogens (tertiary/aromatic N) is 2. The molecule has 1 heterocycles. The minimum absolute atomic E-state index is 0.0506. The van der Waals surface area contributed by atoms with Gasteiger partial charge in [-0.1, -0.05) is 35.9 Å². The molecular weight excluding hydrogens is 428 g/mol. The molecule has 6 nitrogen and oxygen atoms in total. The van der Waals surface area contributed by atoms with Crippen LogP contribution in [0.25, 0.3) is 10.8 Å². The fraction of sp³-hybridized carbons (Fsp3) is 0.320. The number of carboxylic acids is 1. The van der Waals surface area contributed by atoms with E-state index in [2.05, 4.69) is 16.0 Å². The summed E-state index contributed by atoms with van der Waals surface area (Å²) >= 11 is 6.44. The molecule has 1 aliphatic rings. The summed E-state index contributed by atoms with van der Waals surface area (Å²) in [6.07, 6.45) is 4.40. The molecule has 1 N–H and O–H groups in total. The largest absolute Gasteiger partial charge is 0.494 e. The van der Waals surface area contributed by atoms with Crippen molar-refractivity contribution in [3.05, 3.63) is 59.4 Å². The van der Waals surface area contributed by atoms with Gasteiger partial charge in [-0.15, -0.1) is 0 Å². The van der Waals surface area contributed by atoms with Crippen LogP contribution in [0.15, 0.2) is 48.7 Å². The van der Waals surface area contributed by atoms with E-state index >= 15 is 0 Å². The van der Waals surface area contributed by atoms with Crippen LogP contribution in [0.4, 0.5) is 11.4 Å². The van der Waals surface area contributed by atoms with Gasteiger partial charge in [0.25, 0.3) is 0 Å². The Hall–Kier alpha value is -3.12. The highest BCUT2D eigenvalue weighted by Gasteiger charge is 2.27. The number of rotatable bonds is 10. The molecular formula is C25H25ClN2O4. The number of methoxy groups -OCH3 is 1. The van der Waals surface area contributed by atoms with Gasteiger partial charge in [-0.2, -0.15) is 0 Å². The number of carboxylic acid groups (broad SMARTS) is 1. The fourth-order valence-electron chi connectivity index (χ4n) is 3.85. The number of pyridine rings is 1. The van der Waals surface area contributed by atoms with Gasteiger partial charge in [0.1, 0.15) is 11.4 Å². The van der Waals surface area contributed by atoms with Gasteiger partial charge in [-0.25, -0.2) is 4.98 Å². The molecule has 4 rings (SSSR count). The minimum atomic E-state index is -0.918. The predicted molar refractivity (Wildman–Crippen MR) is 125 cm³/mol. The summed E-state index contributed by atoms with van der Waals surface area (Å²) < 4.78 is 5.50. The number of hydrogen-bond acceptors (Lipinski definition) is 5. The van der Waals surface area contributed by atoms with Gasteiger partial charge in [0.2, 0.25) is 0 Å². The van der Waals surface area contributed by atoms with Crippen molar-refractivity contribution in [2.75, 3.05) is 18.6 Å². The Morgan fingerprint density at radius 2 is 1.91 bits per heavy atom. The molecule has 1 aliphatic carbocycles. The van der Waals surface area contributed by atoms with Crippen LogP contribution in [0.1, 0.15) is 42.6 Å². The monoisotopic (exact) mass is 452 g/mol. The van der Waals surface area contributed by atoms with E-state index in [0.29, 0.717) is 16.7 Å². The lowest BCUT2D eigenvalue weighted by Crippen LogP contribution is -2.21. The molecule has 0 spiro atoms. The van der Waals surface area contributed by atoms with Crippen LogP contribution in [-0.2, 0) is 4.79 Å². The van der Waals surface area contributed by atoms with Gasteiger partial charge in [-0.3, -0.25) is 9.59 Å². The molecule has 2 aromatic carbocycles. The molecule has 0 saturated heterocycles. The molecule has 166 valence electrons. The van der Waals surface area contributed by atoms with Gasteiger partial charge in [0, 0.05) is 46.9 Å². The quantitative estimate of drug-likeness (QED) is 0.387. The summed E-state index contributed by atoms with van der Waals surface area (Å²) in [6.45, 7) is 0.836. The molecule has 0 amide bonds. The van der Waals surface area contributed by atoms with Gasteiger partial charge in [0.15, 0.2) is 5.78 Å². The number of ether oxygens (including phenoxy) is 1. The molecule has 0 unspecified atom stereocenters. The second kappa shape index (κ2) is 9.57. The average Bonchev–Trinajstić information content (AvgIpc) is 3.62. The van der Waals surface area contributed by atoms with Crippen molar-refractivity contribution in [3.63, 3.8) is 0 Å². The third-order valence-electron chi connectivity index (χ3n) is 5.70. The summed E-state index contributed by atoms with van der Waals surface area (Å²) in [5, 5.41) is 11.5. The topological polar surface area (TPSA) is 79.7 Å². The second-order valence-electron chi connectivity index (χ2n) is 8.08. The van der Waals surface area contributed by atoms with Crippen molar-refractivity contribution >= 4 is 45.5 Å². The fourth-order valence-corrected chi connectivity index (χ4v) is 4.08. The number of aliphatic carboxylic acids is 1. The normalized spacial score (nSPS) is 13.2. The lowest BCUT2D eigenvalue weighted by molar-refractivity contribution is -0.137. The lowest BCUT2D eigenvalue weighted by Gasteiger charge is -2.27. The number of fused-ring (bicyclic) bond motifs is 1. The van der Waals surface area contributed by atoms with Crippen LogP contribution in [0.5, 0.6) is 5.75 Å². The van der Waals surface area contributed by atoms with Crippen LogP contribution in [0.3, 0.4) is 0 Å². The first-order valence-electron chi connectivity index (χ1n) is 10.7. The first kappa shape index (κ1) is 22.1. The zero-order valence-corrected chi connectivity index (χ0v) is 18.6. The molecule has 0 atom stereocenters. The standard InChI is InChI=1S/C25H25ClN2O4/c1-32-23-13-17(14-27-25(23)22(29)7-4-8-24(30)31)28(15-16-9-10-16)21-12-11-20(26)18-5-2-3-6-19(18)21/h2-3,5-6,11-14,16H,4,7-10,15H2,1H3,(H,30,31). The zero-order valence-electron chi connectivity index (χ0n) is 17.9. The number of carbonyl (C=O) groups is 2. The number of halogens is 1. The maximum absolute atomic E-state index is 12.6. The molecule has 32 heavy (non-hydrogen) atoms. The first-order chi connectivity index (χ1) is 15.5. The molecule has 1 fully saturated rings. The van der Waals surface area contributed by atoms with Crippen molar-refractivity contribution in [2.45, 2.75) is 32.1 Å². The zero-order chi connectivity index (χ0) is 22.7. The Kier molecular flexibility index (Phi) is 6.61. The van der Waals surface area contributed by atoms with E-state index in [0.717, 1.165) is 28.7 Å². The van der Waals surface area contributed by atoms with Crippen molar-refractivity contribution in [1.82, 2.24) is 4.98 Å². The van der Waals surface area contributed by atoms with E-state index in [4.69, 9.17) is 21.4 Å². The molecule has 1 saturated carbocycles. The van der Waals surface area contributed by atoms with Gasteiger partial charge < -0.3 is 14.7 Å². The van der Waals surface area contributed by atoms with Crippen molar-refractivity contribution in [1.29, 1.82) is 0 Å². The molecule has 1 aromatic heterocycles. The van der Waals surface area contributed by atoms with E-state index in [1.807, 2.05) is 36.4 Å². The molecule has 0 radical (unpaired) electrons. The summed E-state index contributed by atoms with van der Waals surface area (Å²) in [7, 11) is 1.51. The number of aromatic nitrogens is 1. The highest BCUT2D eigenvalue weighted by molar-refractivity contribution is 6.36. The SMILES string of the molecule is COc1cc(N(CC2CC2)c2ccc(Cl)c3ccccc23)cnc1C(=O)CCCC(=O)O. The number of hydrogen-bond donors (Lipinski definition) is 1. The van der Waals surface area contributed by atoms with E-state index < -0.39 is 5.97 Å². The van der Waals surface area contributed by atoms with Crippen LogP contribution < -0.4 is 9.64 Å². The minimum Gasteiger partial charge on any atom is -0.494 e. The Balaban J connectivity index is 1.70. The van der Waals surface area contributed by atoms with Crippen LogP contribution in [0, 0.1) is 5.92 Å². The Morgan fingerprint density at radius 1 is 1.16 bits per heavy atom. The molecule has 0 bridgehead atoms. The van der Waals surface area contributed by atoms with E-state index in [-0.39, 0.29) is 30.7 Å². The number of carbonyl (C=O) groups excluding carboxylic acids is 1. The number of Topliss-reactive ketones (excluding diaryl/α,β-unsaturated/α-hetero) is 1. The summed E-state index contributed by atoms with van der Waals surface area (Å²) in [6, 6.07) is 13.8. The summed E-state index contributed by atoms with van der Waals surface area (Å²) in [4.78, 5) is 30.0. The maximum Gasteiger partial charge on any atom is 0.303 e. The molecule has 7 heteroatoms. The highest BCUT2D eigenvalue weighted by atomic mass is 35.5. The predicted octanol–water partition coefficient (Wildman–Crippen LogP) is 5.88.